The number of benzene rings is 4. The van der Waals surface area contributed by atoms with Crippen molar-refractivity contribution in [3.05, 3.63) is 99.2 Å². The molecule has 0 aliphatic rings. The highest BCUT2D eigenvalue weighted by atomic mass is 32.2. The van der Waals surface area contributed by atoms with Crippen LogP contribution in [0.1, 0.15) is 0 Å². The molecule has 0 radical (unpaired) electrons. The summed E-state index contributed by atoms with van der Waals surface area (Å²) in [6, 6.07) is 24.2. The molecule has 0 fully saturated rings. The highest BCUT2D eigenvalue weighted by Gasteiger charge is 2.20. The van der Waals surface area contributed by atoms with Crippen LogP contribution in [-0.2, 0) is 0 Å². The van der Waals surface area contributed by atoms with E-state index in [1.807, 2.05) is 42.5 Å². The first kappa shape index (κ1) is 17.5. The van der Waals surface area contributed by atoms with Gasteiger partial charge >= 0.3 is 0 Å². The largest absolute Gasteiger partial charge is 0.349 e. The summed E-state index contributed by atoms with van der Waals surface area (Å²) in [5, 5.41) is 14.6. The topological polar surface area (TPSA) is 76.0 Å². The molecule has 1 aromatic heterocycles. The Hall–Kier alpha value is -3.64. The number of H-pyrrole nitrogens is 1. The number of nitrogens with one attached hydrogen (secondary N) is 1. The van der Waals surface area contributed by atoms with Gasteiger partial charge in [-0.05, 0) is 35.0 Å². The van der Waals surface area contributed by atoms with E-state index in [1.165, 1.54) is 17.8 Å². The van der Waals surface area contributed by atoms with Crippen molar-refractivity contribution >= 4 is 50.0 Å². The van der Waals surface area contributed by atoms with Crippen LogP contribution in [0.4, 0.5) is 5.69 Å². The lowest BCUT2D eigenvalue weighted by Crippen LogP contribution is -2.07. The molecule has 29 heavy (non-hydrogen) atoms. The van der Waals surface area contributed by atoms with Gasteiger partial charge in [-0.25, -0.2) is 0 Å². The van der Waals surface area contributed by atoms with E-state index in [0.717, 1.165) is 15.7 Å². The van der Waals surface area contributed by atoms with Crippen molar-refractivity contribution in [3.63, 3.8) is 0 Å². The Morgan fingerprint density at radius 1 is 0.793 bits per heavy atom. The first-order valence-corrected chi connectivity index (χ1v) is 9.83. The average Bonchev–Trinajstić information content (AvgIpc) is 2.74. The second-order valence-corrected chi connectivity index (χ2v) is 7.75. The molecule has 5 aromatic rings. The fourth-order valence-corrected chi connectivity index (χ4v) is 4.74. The Morgan fingerprint density at radius 3 is 2.34 bits per heavy atom. The second-order valence-electron chi connectivity index (χ2n) is 6.67. The number of nitro groups is 1. The maximum Gasteiger partial charge on any atom is 0.293 e. The van der Waals surface area contributed by atoms with Crippen molar-refractivity contribution in [1.29, 1.82) is 0 Å². The maximum atomic E-state index is 13.3. The smallest absolute Gasteiger partial charge is 0.293 e. The van der Waals surface area contributed by atoms with E-state index in [2.05, 4.69) is 4.98 Å². The average molecular weight is 398 g/mol. The number of fused-ring (bicyclic) bond motifs is 3. The van der Waals surface area contributed by atoms with Crippen molar-refractivity contribution < 1.29 is 4.92 Å². The van der Waals surface area contributed by atoms with Crippen molar-refractivity contribution in [3.8, 4) is 0 Å². The molecule has 0 amide bonds. The Bertz CT molecular complexity index is 1490. The summed E-state index contributed by atoms with van der Waals surface area (Å²) in [5.41, 5.74) is 0.523. The van der Waals surface area contributed by atoms with Crippen LogP contribution in [0.25, 0.3) is 32.6 Å². The van der Waals surface area contributed by atoms with Crippen LogP contribution in [0.3, 0.4) is 0 Å². The first-order valence-electron chi connectivity index (χ1n) is 9.01. The molecule has 5 rings (SSSR count). The summed E-state index contributed by atoms with van der Waals surface area (Å²) >= 11 is 1.45. The van der Waals surface area contributed by atoms with Crippen molar-refractivity contribution in [2.24, 2.45) is 0 Å². The van der Waals surface area contributed by atoms with Gasteiger partial charge in [-0.2, -0.15) is 0 Å². The van der Waals surface area contributed by atoms with E-state index in [-0.39, 0.29) is 16.6 Å². The third kappa shape index (κ3) is 2.85. The SMILES string of the molecule is O=c1c2ccccc2[nH]c2c([N+](=O)[O-])ccc(Sc3cccc4ccccc34)c12. The predicted molar refractivity (Wildman–Crippen MR) is 117 cm³/mol. The van der Waals surface area contributed by atoms with Crippen LogP contribution in [0.2, 0.25) is 0 Å². The van der Waals surface area contributed by atoms with E-state index in [1.54, 1.807) is 30.3 Å². The Balaban J connectivity index is 1.82. The summed E-state index contributed by atoms with van der Waals surface area (Å²) in [6.07, 6.45) is 0. The van der Waals surface area contributed by atoms with Gasteiger partial charge in [0.15, 0.2) is 5.43 Å². The van der Waals surface area contributed by atoms with Gasteiger partial charge in [0.1, 0.15) is 5.52 Å². The summed E-state index contributed by atoms with van der Waals surface area (Å²) in [4.78, 5) is 29.2. The minimum absolute atomic E-state index is 0.106. The highest BCUT2D eigenvalue weighted by Crippen LogP contribution is 2.38. The molecular formula is C23H14N2O3S. The summed E-state index contributed by atoms with van der Waals surface area (Å²) < 4.78 is 0. The number of hydrogen-bond acceptors (Lipinski definition) is 4. The number of rotatable bonds is 3. The first-order chi connectivity index (χ1) is 14.1. The number of aromatic amines is 1. The quantitative estimate of drug-likeness (QED) is 0.233. The van der Waals surface area contributed by atoms with Gasteiger partial charge in [0.2, 0.25) is 0 Å². The zero-order chi connectivity index (χ0) is 20.0. The molecule has 0 aliphatic carbocycles. The van der Waals surface area contributed by atoms with E-state index in [0.29, 0.717) is 21.2 Å². The van der Waals surface area contributed by atoms with Crippen LogP contribution >= 0.6 is 11.8 Å². The van der Waals surface area contributed by atoms with Crippen LogP contribution in [0.5, 0.6) is 0 Å². The molecule has 0 atom stereocenters. The van der Waals surface area contributed by atoms with Gasteiger partial charge in [0.05, 0.1) is 10.3 Å². The van der Waals surface area contributed by atoms with Gasteiger partial charge in [0.25, 0.3) is 5.69 Å². The molecule has 5 nitrogen and oxygen atoms in total. The molecule has 1 heterocycles. The molecule has 4 aromatic carbocycles. The minimum atomic E-state index is -0.459. The fraction of sp³-hybridized carbons (Fsp3) is 0. The Morgan fingerprint density at radius 2 is 1.52 bits per heavy atom. The lowest BCUT2D eigenvalue weighted by Gasteiger charge is -2.10. The standard InChI is InChI=1S/C23H14N2O3S/c26-23-16-9-3-4-10-17(16)24-22-18(25(27)28)12-13-20(21(22)23)29-19-11-5-7-14-6-1-2-8-15(14)19/h1-13H,(H,24,26). The van der Waals surface area contributed by atoms with Crippen molar-refractivity contribution in [1.82, 2.24) is 4.98 Å². The fourth-order valence-electron chi connectivity index (χ4n) is 3.62. The molecule has 6 heteroatoms. The maximum absolute atomic E-state index is 13.3. The lowest BCUT2D eigenvalue weighted by atomic mass is 10.1. The zero-order valence-electron chi connectivity index (χ0n) is 15.1. The van der Waals surface area contributed by atoms with E-state index in [9.17, 15) is 14.9 Å². The number of para-hydroxylation sites is 1. The van der Waals surface area contributed by atoms with Crippen molar-refractivity contribution in [2.75, 3.05) is 0 Å². The van der Waals surface area contributed by atoms with Gasteiger partial charge in [0, 0.05) is 26.8 Å². The number of aromatic nitrogens is 1. The van der Waals surface area contributed by atoms with Gasteiger partial charge in [-0.15, -0.1) is 0 Å². The molecule has 0 spiro atoms. The molecule has 0 saturated heterocycles. The number of pyridine rings is 1. The molecule has 1 N–H and O–H groups in total. The summed E-state index contributed by atoms with van der Waals surface area (Å²) in [5.74, 6) is 0. The molecule has 140 valence electrons. The molecule has 0 saturated carbocycles. The number of hydrogen-bond donors (Lipinski definition) is 1. The third-order valence-electron chi connectivity index (χ3n) is 4.97. The monoisotopic (exact) mass is 398 g/mol. The normalized spacial score (nSPS) is 11.3. The summed E-state index contributed by atoms with van der Waals surface area (Å²) in [7, 11) is 0. The third-order valence-corrected chi connectivity index (χ3v) is 6.11. The van der Waals surface area contributed by atoms with Gasteiger partial charge in [-0.1, -0.05) is 60.3 Å². The molecular weight excluding hydrogens is 384 g/mol. The molecule has 0 unspecified atom stereocenters. The van der Waals surface area contributed by atoms with Crippen molar-refractivity contribution in [2.45, 2.75) is 9.79 Å². The molecule has 0 bridgehead atoms. The van der Waals surface area contributed by atoms with E-state index in [4.69, 9.17) is 0 Å². The predicted octanol–water partition coefficient (Wildman–Crippen LogP) is 5.89. The molecule has 0 aliphatic heterocycles. The zero-order valence-corrected chi connectivity index (χ0v) is 15.9. The Labute approximate surface area is 169 Å². The van der Waals surface area contributed by atoms with E-state index < -0.39 is 4.92 Å². The van der Waals surface area contributed by atoms with Gasteiger partial charge < -0.3 is 4.98 Å². The van der Waals surface area contributed by atoms with Crippen LogP contribution in [-0.4, -0.2) is 9.91 Å². The van der Waals surface area contributed by atoms with Crippen LogP contribution < -0.4 is 5.43 Å². The highest BCUT2D eigenvalue weighted by molar-refractivity contribution is 7.99. The van der Waals surface area contributed by atoms with Crippen LogP contribution in [0.15, 0.2) is 93.4 Å². The number of non-ortho nitro benzene ring substituents is 1. The van der Waals surface area contributed by atoms with Gasteiger partial charge in [-0.3, -0.25) is 14.9 Å². The summed E-state index contributed by atoms with van der Waals surface area (Å²) in [6.45, 7) is 0. The lowest BCUT2D eigenvalue weighted by molar-refractivity contribution is -0.383. The number of nitro benzene ring substituents is 1. The Kier molecular flexibility index (Phi) is 4.07. The minimum Gasteiger partial charge on any atom is -0.349 e. The number of nitrogens with zero attached hydrogens (tertiary/aromatic N) is 1. The van der Waals surface area contributed by atoms with Crippen LogP contribution in [0, 0.1) is 10.1 Å². The second kappa shape index (κ2) is 6.76. The van der Waals surface area contributed by atoms with E-state index >= 15 is 0 Å².